The third-order valence-electron chi connectivity index (χ3n) is 5.65. The smallest absolute Gasteiger partial charge is 0.254 e. The molecule has 0 aromatic heterocycles. The van der Waals surface area contributed by atoms with Crippen LogP contribution in [0.1, 0.15) is 33.1 Å². The van der Waals surface area contributed by atoms with E-state index in [9.17, 15) is 4.79 Å². The number of rotatable bonds is 5. The van der Waals surface area contributed by atoms with Crippen LogP contribution >= 0.6 is 11.6 Å². The van der Waals surface area contributed by atoms with Crippen molar-refractivity contribution in [1.82, 2.24) is 4.90 Å². The summed E-state index contributed by atoms with van der Waals surface area (Å²) < 4.78 is 16.4. The highest BCUT2D eigenvalue weighted by atomic mass is 35.5. The molecule has 0 radical (unpaired) electrons. The van der Waals surface area contributed by atoms with Crippen LogP contribution in [-0.2, 0) is 6.42 Å². The fourth-order valence-electron chi connectivity index (χ4n) is 4.12. The highest BCUT2D eigenvalue weighted by Gasteiger charge is 2.35. The maximum atomic E-state index is 13.6. The van der Waals surface area contributed by atoms with E-state index < -0.39 is 0 Å². The molecule has 0 aliphatic carbocycles. The second-order valence-corrected chi connectivity index (χ2v) is 7.72. The molecular weight excluding hydrogens is 414 g/mol. The highest BCUT2D eigenvalue weighted by Crippen LogP contribution is 2.43. The predicted molar refractivity (Wildman–Crippen MR) is 121 cm³/mol. The molecule has 3 aromatic carbocycles. The quantitative estimate of drug-likeness (QED) is 0.553. The molecule has 1 amide bonds. The van der Waals surface area contributed by atoms with Crippen molar-refractivity contribution in [3.8, 4) is 17.2 Å². The molecule has 6 heteroatoms. The van der Waals surface area contributed by atoms with Crippen molar-refractivity contribution < 1.29 is 19.0 Å². The summed E-state index contributed by atoms with van der Waals surface area (Å²) in [6.07, 6.45) is 0.701. The number of benzene rings is 3. The van der Waals surface area contributed by atoms with Crippen LogP contribution < -0.4 is 14.2 Å². The Labute approximate surface area is 187 Å². The molecule has 0 saturated heterocycles. The van der Waals surface area contributed by atoms with Crippen molar-refractivity contribution in [3.05, 3.63) is 87.9 Å². The lowest BCUT2D eigenvalue weighted by atomic mass is 9.87. The molecule has 31 heavy (non-hydrogen) atoms. The Morgan fingerprint density at radius 2 is 1.65 bits per heavy atom. The number of ether oxygens (including phenoxy) is 3. The lowest BCUT2D eigenvalue weighted by molar-refractivity contribution is 0.0694. The molecule has 0 saturated carbocycles. The summed E-state index contributed by atoms with van der Waals surface area (Å²) in [5.41, 5.74) is 3.53. The molecular formula is C25H24ClNO4. The van der Waals surface area contributed by atoms with Crippen molar-refractivity contribution in [1.29, 1.82) is 0 Å². The summed E-state index contributed by atoms with van der Waals surface area (Å²) >= 11 is 6.61. The number of hydrogen-bond donors (Lipinski definition) is 0. The molecule has 0 fully saturated rings. The number of nitrogens with zero attached hydrogens (tertiary/aromatic N) is 1. The fourth-order valence-corrected chi connectivity index (χ4v) is 4.36. The van der Waals surface area contributed by atoms with Gasteiger partial charge in [-0.3, -0.25) is 4.79 Å². The van der Waals surface area contributed by atoms with Crippen LogP contribution in [-0.4, -0.2) is 38.7 Å². The van der Waals surface area contributed by atoms with Gasteiger partial charge in [0.15, 0.2) is 11.5 Å². The van der Waals surface area contributed by atoms with Gasteiger partial charge in [0.2, 0.25) is 0 Å². The van der Waals surface area contributed by atoms with Gasteiger partial charge in [0, 0.05) is 17.1 Å². The van der Waals surface area contributed by atoms with E-state index in [4.69, 9.17) is 25.8 Å². The molecule has 0 bridgehead atoms. The van der Waals surface area contributed by atoms with Gasteiger partial charge in [-0.2, -0.15) is 0 Å². The molecule has 1 aliphatic rings. The minimum Gasteiger partial charge on any atom is -0.497 e. The fraction of sp³-hybridized carbons (Fsp3) is 0.240. The van der Waals surface area contributed by atoms with Gasteiger partial charge >= 0.3 is 0 Å². The molecule has 3 aromatic rings. The van der Waals surface area contributed by atoms with Crippen molar-refractivity contribution in [2.45, 2.75) is 12.5 Å². The first-order valence-corrected chi connectivity index (χ1v) is 10.4. The number of methoxy groups -OCH3 is 3. The van der Waals surface area contributed by atoms with E-state index in [1.54, 1.807) is 33.5 Å². The molecule has 4 rings (SSSR count). The largest absolute Gasteiger partial charge is 0.497 e. The Morgan fingerprint density at radius 3 is 2.35 bits per heavy atom. The summed E-state index contributed by atoms with van der Waals surface area (Å²) in [5.74, 6) is 1.86. The van der Waals surface area contributed by atoms with E-state index in [1.807, 2.05) is 53.4 Å². The van der Waals surface area contributed by atoms with E-state index in [1.165, 1.54) is 0 Å². The maximum Gasteiger partial charge on any atom is 0.254 e. The zero-order valence-corrected chi connectivity index (χ0v) is 18.5. The van der Waals surface area contributed by atoms with Crippen LogP contribution in [0.5, 0.6) is 17.2 Å². The van der Waals surface area contributed by atoms with E-state index >= 15 is 0 Å². The molecule has 1 aliphatic heterocycles. The molecule has 0 N–H and O–H groups in total. The first kappa shape index (κ1) is 21.1. The van der Waals surface area contributed by atoms with Crippen molar-refractivity contribution in [3.63, 3.8) is 0 Å². The zero-order valence-electron chi connectivity index (χ0n) is 17.7. The van der Waals surface area contributed by atoms with Crippen LogP contribution in [0.25, 0.3) is 0 Å². The topological polar surface area (TPSA) is 48.0 Å². The van der Waals surface area contributed by atoms with Crippen LogP contribution in [0.15, 0.2) is 60.7 Å². The Morgan fingerprint density at radius 1 is 0.903 bits per heavy atom. The normalized spacial score (nSPS) is 15.2. The zero-order chi connectivity index (χ0) is 22.0. The van der Waals surface area contributed by atoms with Crippen LogP contribution in [0.4, 0.5) is 0 Å². The van der Waals surface area contributed by atoms with E-state index in [-0.39, 0.29) is 11.9 Å². The van der Waals surface area contributed by atoms with Gasteiger partial charge in [-0.15, -0.1) is 0 Å². The first-order valence-electron chi connectivity index (χ1n) is 10.0. The van der Waals surface area contributed by atoms with Gasteiger partial charge in [-0.25, -0.2) is 0 Å². The third kappa shape index (κ3) is 3.93. The Balaban J connectivity index is 1.86. The summed E-state index contributed by atoms with van der Waals surface area (Å²) in [7, 11) is 4.82. The van der Waals surface area contributed by atoms with Gasteiger partial charge in [0.1, 0.15) is 5.75 Å². The number of amides is 1. The van der Waals surface area contributed by atoms with Crippen LogP contribution in [0.3, 0.4) is 0 Å². The first-order chi connectivity index (χ1) is 15.1. The van der Waals surface area contributed by atoms with Crippen LogP contribution in [0.2, 0.25) is 5.02 Å². The number of carbonyl (C=O) groups is 1. The maximum absolute atomic E-state index is 13.6. The van der Waals surface area contributed by atoms with E-state index in [2.05, 4.69) is 0 Å². The average molecular weight is 438 g/mol. The van der Waals surface area contributed by atoms with Crippen molar-refractivity contribution >= 4 is 17.5 Å². The SMILES string of the molecule is COc1cccc(C(=O)N2CCc3cc(OC)c(OC)cc3[C@@H]2c2ccccc2Cl)c1. The van der Waals surface area contributed by atoms with E-state index in [0.29, 0.717) is 40.8 Å². The van der Waals surface area contributed by atoms with Gasteiger partial charge in [0.05, 0.1) is 27.4 Å². The molecule has 5 nitrogen and oxygen atoms in total. The second-order valence-electron chi connectivity index (χ2n) is 7.31. The number of carbonyl (C=O) groups excluding carboxylic acids is 1. The predicted octanol–water partition coefficient (Wildman–Crippen LogP) is 5.15. The number of hydrogen-bond acceptors (Lipinski definition) is 4. The monoisotopic (exact) mass is 437 g/mol. The Hall–Kier alpha value is -3.18. The standard InChI is InChI=1S/C25H24ClNO4/c1-29-18-8-6-7-17(13-18)25(28)27-12-11-16-14-22(30-2)23(31-3)15-20(16)24(27)19-9-4-5-10-21(19)26/h4-10,13-15,24H,11-12H2,1-3H3/t24-/m0/s1. The number of fused-ring (bicyclic) bond motifs is 1. The lowest BCUT2D eigenvalue weighted by Crippen LogP contribution is -2.40. The van der Waals surface area contributed by atoms with Gasteiger partial charge in [0.25, 0.3) is 5.91 Å². The highest BCUT2D eigenvalue weighted by molar-refractivity contribution is 6.31. The molecule has 1 atom stereocenters. The molecule has 160 valence electrons. The van der Waals surface area contributed by atoms with Crippen molar-refractivity contribution in [2.75, 3.05) is 27.9 Å². The molecule has 0 unspecified atom stereocenters. The minimum absolute atomic E-state index is 0.0794. The van der Waals surface area contributed by atoms with Gasteiger partial charge < -0.3 is 19.1 Å². The number of halogens is 1. The Bertz CT molecular complexity index is 1110. The summed E-state index contributed by atoms with van der Waals surface area (Å²) in [6, 6.07) is 18.4. The molecule has 0 spiro atoms. The lowest BCUT2D eigenvalue weighted by Gasteiger charge is -2.38. The van der Waals surface area contributed by atoms with Crippen LogP contribution in [0, 0.1) is 0 Å². The van der Waals surface area contributed by atoms with Gasteiger partial charge in [-0.1, -0.05) is 35.9 Å². The molecule has 1 heterocycles. The second kappa shape index (κ2) is 8.90. The van der Waals surface area contributed by atoms with E-state index in [0.717, 1.165) is 16.7 Å². The van der Waals surface area contributed by atoms with Gasteiger partial charge in [-0.05, 0) is 59.5 Å². The third-order valence-corrected chi connectivity index (χ3v) is 6.00. The Kier molecular flexibility index (Phi) is 6.05. The summed E-state index contributed by atoms with van der Waals surface area (Å²) in [6.45, 7) is 0.550. The summed E-state index contributed by atoms with van der Waals surface area (Å²) in [5, 5.41) is 0.610. The summed E-state index contributed by atoms with van der Waals surface area (Å²) in [4.78, 5) is 15.5. The van der Waals surface area contributed by atoms with Crippen molar-refractivity contribution in [2.24, 2.45) is 0 Å². The average Bonchev–Trinajstić information content (AvgIpc) is 2.82. The minimum atomic E-state index is -0.351.